The van der Waals surface area contributed by atoms with Crippen molar-refractivity contribution in [2.75, 3.05) is 19.8 Å². The Bertz CT molecular complexity index is 1340. The van der Waals surface area contributed by atoms with Crippen molar-refractivity contribution in [2.45, 2.75) is 39.3 Å². The number of rotatable bonds is 10. The van der Waals surface area contributed by atoms with Crippen molar-refractivity contribution < 1.29 is 32.2 Å². The second-order valence-electron chi connectivity index (χ2n) is 8.64. The molecule has 2 aliphatic rings. The van der Waals surface area contributed by atoms with Crippen LogP contribution in [0, 0.1) is 5.41 Å². The minimum absolute atomic E-state index is 0.199. The smallest absolute Gasteiger partial charge is 0.441 e. The summed E-state index contributed by atoms with van der Waals surface area (Å²) in [5.74, 6) is 0.758. The lowest BCUT2D eigenvalue weighted by molar-refractivity contribution is -0.114. The highest BCUT2D eigenvalue weighted by atomic mass is 32.2. The highest BCUT2D eigenvalue weighted by Gasteiger charge is 2.46. The minimum atomic E-state index is -4.71. The lowest BCUT2D eigenvalue weighted by atomic mass is 9.99. The number of fused-ring (bicyclic) bond motifs is 1. The van der Waals surface area contributed by atoms with Gasteiger partial charge in [-0.05, 0) is 72.5 Å². The fourth-order valence-electron chi connectivity index (χ4n) is 3.71. The van der Waals surface area contributed by atoms with Crippen molar-refractivity contribution in [2.24, 2.45) is 10.1 Å². The molecule has 0 bridgehead atoms. The number of carbonyl (C=O) groups is 1. The second kappa shape index (κ2) is 11.9. The van der Waals surface area contributed by atoms with E-state index < -0.39 is 23.0 Å². The number of halogens is 3. The van der Waals surface area contributed by atoms with E-state index >= 15 is 0 Å². The molecule has 1 unspecified atom stereocenters. The summed E-state index contributed by atoms with van der Waals surface area (Å²) in [7, 11) is 0. The summed E-state index contributed by atoms with van der Waals surface area (Å²) in [6, 6.07) is 12.9. The largest absolute Gasteiger partial charge is 0.490 e. The van der Waals surface area contributed by atoms with E-state index in [0.29, 0.717) is 41.2 Å². The van der Waals surface area contributed by atoms with Gasteiger partial charge < -0.3 is 14.2 Å². The quantitative estimate of drug-likeness (QED) is 0.273. The van der Waals surface area contributed by atoms with Crippen molar-refractivity contribution in [3.8, 4) is 17.2 Å². The van der Waals surface area contributed by atoms with E-state index in [1.807, 2.05) is 12.1 Å². The van der Waals surface area contributed by atoms with Crippen molar-refractivity contribution in [1.29, 1.82) is 5.41 Å². The monoisotopic (exact) mass is 560 g/mol. The molecule has 1 amide bonds. The zero-order valence-corrected chi connectivity index (χ0v) is 22.4. The van der Waals surface area contributed by atoms with Gasteiger partial charge >= 0.3 is 6.18 Å². The molecule has 0 fully saturated rings. The molecule has 1 N–H and O–H groups in total. The molecule has 12 heteroatoms. The van der Waals surface area contributed by atoms with Crippen LogP contribution in [0.3, 0.4) is 0 Å². The van der Waals surface area contributed by atoms with E-state index in [1.165, 1.54) is 11.6 Å². The summed E-state index contributed by atoms with van der Waals surface area (Å²) in [6.07, 6.45) is -2.28. The number of nitrogens with one attached hydrogen (secondary N) is 1. The number of amidine groups is 2. The Balaban J connectivity index is 1.43. The average molecular weight is 561 g/mol. The fourth-order valence-corrected chi connectivity index (χ4v) is 4.47. The molecule has 2 heterocycles. The van der Waals surface area contributed by atoms with Crippen LogP contribution in [0.1, 0.15) is 44.2 Å². The Morgan fingerprint density at radius 1 is 1.05 bits per heavy atom. The van der Waals surface area contributed by atoms with Crippen LogP contribution >= 0.6 is 11.8 Å². The fraction of sp³-hybridized carbons (Fsp3) is 0.333. The van der Waals surface area contributed by atoms with Crippen LogP contribution in [0.15, 0.2) is 58.1 Å². The molecule has 2 aliphatic heterocycles. The minimum Gasteiger partial charge on any atom is -0.490 e. The van der Waals surface area contributed by atoms with Gasteiger partial charge in [0.1, 0.15) is 19.0 Å². The zero-order chi connectivity index (χ0) is 28.2. The Morgan fingerprint density at radius 3 is 2.44 bits per heavy atom. The van der Waals surface area contributed by atoms with Crippen LogP contribution < -0.4 is 14.2 Å². The maximum absolute atomic E-state index is 13.0. The van der Waals surface area contributed by atoms with E-state index in [-0.39, 0.29) is 29.1 Å². The maximum atomic E-state index is 13.0. The first-order valence-electron chi connectivity index (χ1n) is 12.3. The zero-order valence-electron chi connectivity index (χ0n) is 21.5. The van der Waals surface area contributed by atoms with Gasteiger partial charge in [-0.3, -0.25) is 10.2 Å². The molecule has 0 radical (unpaired) electrons. The highest BCUT2D eigenvalue weighted by Crippen LogP contribution is 2.36. The number of nitrogens with zero attached hydrogens (tertiary/aromatic N) is 3. The SMILES string of the molecule is CCOc1cc(/C=C2\C(=N)N3N=C(C(F)(F)F)SC3=NC2=O)ccc1OCCOc1ccc(C(C)CC)cc1. The van der Waals surface area contributed by atoms with Gasteiger partial charge in [-0.15, -0.1) is 0 Å². The Morgan fingerprint density at radius 2 is 1.77 bits per heavy atom. The van der Waals surface area contributed by atoms with E-state index in [2.05, 4.69) is 36.1 Å². The van der Waals surface area contributed by atoms with Crippen LogP contribution in [-0.2, 0) is 4.79 Å². The van der Waals surface area contributed by atoms with Gasteiger partial charge in [0.25, 0.3) is 5.91 Å². The van der Waals surface area contributed by atoms with Gasteiger partial charge in [0.2, 0.25) is 10.2 Å². The van der Waals surface area contributed by atoms with Crippen molar-refractivity contribution in [3.05, 3.63) is 59.2 Å². The van der Waals surface area contributed by atoms with Crippen LogP contribution in [0.25, 0.3) is 6.08 Å². The van der Waals surface area contributed by atoms with Crippen molar-refractivity contribution in [3.63, 3.8) is 0 Å². The number of benzene rings is 2. The van der Waals surface area contributed by atoms with Gasteiger partial charge in [0, 0.05) is 0 Å². The predicted molar refractivity (Wildman–Crippen MR) is 145 cm³/mol. The molecule has 0 spiro atoms. The molecule has 0 saturated carbocycles. The van der Waals surface area contributed by atoms with E-state index in [4.69, 9.17) is 19.6 Å². The summed E-state index contributed by atoms with van der Waals surface area (Å²) >= 11 is 0.204. The van der Waals surface area contributed by atoms with Crippen molar-refractivity contribution >= 4 is 39.8 Å². The molecule has 1 atom stereocenters. The third kappa shape index (κ3) is 6.62. The summed E-state index contributed by atoms with van der Waals surface area (Å²) in [6.45, 7) is 7.03. The van der Waals surface area contributed by atoms with Crippen LogP contribution in [0.5, 0.6) is 17.2 Å². The summed E-state index contributed by atoms with van der Waals surface area (Å²) < 4.78 is 56.4. The molecule has 0 aliphatic carbocycles. The average Bonchev–Trinajstić information content (AvgIpc) is 3.35. The molecule has 0 aromatic heterocycles. The number of thioether (sulfide) groups is 1. The Hall–Kier alpha value is -3.80. The molecule has 4 rings (SSSR count). The number of amides is 1. The summed E-state index contributed by atoms with van der Waals surface area (Å²) in [5, 5.41) is 10.9. The first-order chi connectivity index (χ1) is 18.6. The highest BCUT2D eigenvalue weighted by molar-refractivity contribution is 8.27. The van der Waals surface area contributed by atoms with Gasteiger partial charge in [0.15, 0.2) is 17.3 Å². The topological polar surface area (TPSA) is 96.6 Å². The normalized spacial score (nSPS) is 17.1. The number of hydrogen-bond donors (Lipinski definition) is 1. The Kier molecular flexibility index (Phi) is 8.63. The first-order valence-corrected chi connectivity index (χ1v) is 13.1. The molecule has 2 aromatic carbocycles. The summed E-state index contributed by atoms with van der Waals surface area (Å²) in [5.41, 5.74) is 1.53. The van der Waals surface area contributed by atoms with Gasteiger partial charge in [0.05, 0.1) is 12.2 Å². The molecular formula is C27H27F3N4O4S. The second-order valence-corrected chi connectivity index (χ2v) is 9.59. The number of hydrogen-bond acceptors (Lipinski definition) is 7. The number of ether oxygens (including phenoxy) is 3. The predicted octanol–water partition coefficient (Wildman–Crippen LogP) is 6.24. The maximum Gasteiger partial charge on any atom is 0.441 e. The number of alkyl halides is 3. The van der Waals surface area contributed by atoms with E-state index in [0.717, 1.165) is 12.2 Å². The number of carbonyl (C=O) groups excluding carboxylic acids is 1. The number of aliphatic imine (C=N–C) groups is 1. The van der Waals surface area contributed by atoms with E-state index in [1.54, 1.807) is 25.1 Å². The van der Waals surface area contributed by atoms with Gasteiger partial charge in [-0.1, -0.05) is 32.0 Å². The van der Waals surface area contributed by atoms with Gasteiger partial charge in [-0.2, -0.15) is 28.3 Å². The molecule has 8 nitrogen and oxygen atoms in total. The third-order valence-electron chi connectivity index (χ3n) is 5.95. The van der Waals surface area contributed by atoms with Crippen LogP contribution in [0.4, 0.5) is 13.2 Å². The van der Waals surface area contributed by atoms with E-state index in [9.17, 15) is 18.0 Å². The lowest BCUT2D eigenvalue weighted by Gasteiger charge is -2.20. The number of hydrazone groups is 1. The van der Waals surface area contributed by atoms with Gasteiger partial charge in [-0.25, -0.2) is 0 Å². The standard InChI is InChI=1S/C27H27F3N4O4S/c1-4-16(3)18-7-9-19(10-8-18)37-12-13-38-21-11-6-17(15-22(21)36-5-2)14-20-23(31)34-26(32-24(20)35)39-25(33-34)27(28,29)30/h6-11,14-16,31H,4-5,12-13H2,1-3H3/b20-14+,31-23?. The lowest BCUT2D eigenvalue weighted by Crippen LogP contribution is -2.35. The molecule has 206 valence electrons. The first kappa shape index (κ1) is 28.2. The third-order valence-corrected chi connectivity index (χ3v) is 6.90. The molecule has 2 aromatic rings. The Labute approximate surface area is 228 Å². The summed E-state index contributed by atoms with van der Waals surface area (Å²) in [4.78, 5) is 16.2. The van der Waals surface area contributed by atoms with Crippen LogP contribution in [-0.4, -0.2) is 53.0 Å². The van der Waals surface area contributed by atoms with Crippen molar-refractivity contribution in [1.82, 2.24) is 5.01 Å². The van der Waals surface area contributed by atoms with Crippen LogP contribution in [0.2, 0.25) is 0 Å². The molecule has 39 heavy (non-hydrogen) atoms. The molecular weight excluding hydrogens is 533 g/mol. The molecule has 0 saturated heterocycles.